The first-order valence-electron chi connectivity index (χ1n) is 9.51. The van der Waals surface area contributed by atoms with Crippen molar-refractivity contribution in [3.63, 3.8) is 0 Å². The molecule has 1 aliphatic rings. The summed E-state index contributed by atoms with van der Waals surface area (Å²) in [6.45, 7) is 1.36. The van der Waals surface area contributed by atoms with Crippen LogP contribution in [0.3, 0.4) is 0 Å². The van der Waals surface area contributed by atoms with E-state index in [1.54, 1.807) is 25.1 Å². The van der Waals surface area contributed by atoms with Gasteiger partial charge in [-0.25, -0.2) is 13.2 Å². The molecule has 33 heavy (non-hydrogen) atoms. The van der Waals surface area contributed by atoms with Gasteiger partial charge in [-0.05, 0) is 30.7 Å². The van der Waals surface area contributed by atoms with Gasteiger partial charge in [-0.15, -0.1) is 0 Å². The van der Waals surface area contributed by atoms with E-state index in [0.29, 0.717) is 5.56 Å². The summed E-state index contributed by atoms with van der Waals surface area (Å²) in [4.78, 5) is 12.4. The lowest BCUT2D eigenvalue weighted by atomic mass is 9.89. The van der Waals surface area contributed by atoms with Crippen LogP contribution in [0.2, 0.25) is 15.1 Å². The van der Waals surface area contributed by atoms with Crippen LogP contribution in [0.1, 0.15) is 21.7 Å². The van der Waals surface area contributed by atoms with Gasteiger partial charge < -0.3 is 14.4 Å². The van der Waals surface area contributed by atoms with Crippen LogP contribution in [0.25, 0.3) is 11.3 Å². The molecule has 3 aromatic rings. The first-order valence-corrected chi connectivity index (χ1v) is 12.1. The molecular weight excluding hydrogens is 515 g/mol. The minimum atomic E-state index is -3.83. The number of carbonyl (C=O) groups is 1. The SMILES string of the molecule is COC1(c2onc(-c3c(Cl)cc(Cl)cc3Cl)c2C(=O)O)CN(S(=O)(=O)c2ccccc2C)C1. The normalized spacial score (nSPS) is 15.9. The van der Waals surface area contributed by atoms with E-state index in [-0.39, 0.29) is 55.6 Å². The first kappa shape index (κ1) is 24.0. The summed E-state index contributed by atoms with van der Waals surface area (Å²) >= 11 is 18.5. The largest absolute Gasteiger partial charge is 0.477 e. The summed E-state index contributed by atoms with van der Waals surface area (Å²) in [5.74, 6) is -1.49. The molecule has 8 nitrogen and oxygen atoms in total. The van der Waals surface area contributed by atoms with E-state index in [9.17, 15) is 18.3 Å². The first-order chi connectivity index (χ1) is 15.5. The van der Waals surface area contributed by atoms with Gasteiger partial charge >= 0.3 is 5.97 Å². The Morgan fingerprint density at radius 3 is 2.33 bits per heavy atom. The van der Waals surface area contributed by atoms with Gasteiger partial charge in [0.15, 0.2) is 11.4 Å². The molecule has 1 aromatic heterocycles. The summed E-state index contributed by atoms with van der Waals surface area (Å²) in [5, 5.41) is 14.3. The zero-order valence-corrected chi connectivity index (χ0v) is 20.4. The molecule has 0 bridgehead atoms. The summed E-state index contributed by atoms with van der Waals surface area (Å²) < 4.78 is 38.4. The number of nitrogens with zero attached hydrogens (tertiary/aromatic N) is 2. The van der Waals surface area contributed by atoms with Crippen molar-refractivity contribution in [2.24, 2.45) is 0 Å². The smallest absolute Gasteiger partial charge is 0.341 e. The minimum absolute atomic E-state index is 0.0821. The quantitative estimate of drug-likeness (QED) is 0.484. The molecule has 0 amide bonds. The van der Waals surface area contributed by atoms with Crippen molar-refractivity contribution in [3.05, 3.63) is 68.4 Å². The molecule has 1 saturated heterocycles. The molecule has 2 aromatic carbocycles. The van der Waals surface area contributed by atoms with Crippen molar-refractivity contribution in [2.45, 2.75) is 17.4 Å². The standard InChI is InChI=1S/C21H17Cl3N2O6S/c1-11-5-3-4-6-15(11)33(29,30)26-9-21(10-26,31-2)19-17(20(27)28)18(25-32-19)16-13(23)7-12(22)8-14(16)24/h3-8H,9-10H2,1-2H3,(H,27,28). The second-order valence-electron chi connectivity index (χ2n) is 7.52. The van der Waals surface area contributed by atoms with Crippen molar-refractivity contribution < 1.29 is 27.6 Å². The van der Waals surface area contributed by atoms with Crippen LogP contribution < -0.4 is 0 Å². The number of halogens is 3. The lowest BCUT2D eigenvalue weighted by molar-refractivity contribution is -0.114. The topological polar surface area (TPSA) is 110 Å². The number of ether oxygens (including phenoxy) is 1. The lowest BCUT2D eigenvalue weighted by Crippen LogP contribution is -2.62. The van der Waals surface area contributed by atoms with Gasteiger partial charge in [-0.3, -0.25) is 0 Å². The van der Waals surface area contributed by atoms with E-state index in [1.165, 1.54) is 29.6 Å². The molecule has 174 valence electrons. The Balaban J connectivity index is 1.76. The molecule has 0 unspecified atom stereocenters. The van der Waals surface area contributed by atoms with Crippen LogP contribution in [0, 0.1) is 6.92 Å². The second kappa shape index (κ2) is 8.57. The van der Waals surface area contributed by atoms with E-state index in [4.69, 9.17) is 44.1 Å². The molecule has 0 aliphatic carbocycles. The number of sulfonamides is 1. The van der Waals surface area contributed by atoms with Gasteiger partial charge in [0.25, 0.3) is 0 Å². The third-order valence-corrected chi connectivity index (χ3v) is 8.30. The molecule has 0 spiro atoms. The number of hydrogen-bond donors (Lipinski definition) is 1. The Kier molecular flexibility index (Phi) is 6.24. The molecule has 0 atom stereocenters. The zero-order chi connectivity index (χ0) is 24.1. The van der Waals surface area contributed by atoms with Gasteiger partial charge in [-0.1, -0.05) is 58.2 Å². The summed E-state index contributed by atoms with van der Waals surface area (Å²) in [5.41, 5.74) is -1.07. The van der Waals surface area contributed by atoms with E-state index < -0.39 is 21.6 Å². The fraction of sp³-hybridized carbons (Fsp3) is 0.238. The van der Waals surface area contributed by atoms with Crippen molar-refractivity contribution in [1.82, 2.24) is 9.46 Å². The highest BCUT2D eigenvalue weighted by molar-refractivity contribution is 7.89. The number of methoxy groups -OCH3 is 1. The molecule has 0 saturated carbocycles. The number of hydrogen-bond acceptors (Lipinski definition) is 6. The van der Waals surface area contributed by atoms with Crippen molar-refractivity contribution >= 4 is 50.8 Å². The summed E-state index contributed by atoms with van der Waals surface area (Å²) in [6.07, 6.45) is 0. The molecule has 0 radical (unpaired) electrons. The van der Waals surface area contributed by atoms with Crippen LogP contribution >= 0.6 is 34.8 Å². The average molecular weight is 532 g/mol. The molecule has 1 N–H and O–H groups in total. The Bertz CT molecular complexity index is 1340. The fourth-order valence-corrected chi connectivity index (χ4v) is 6.54. The lowest BCUT2D eigenvalue weighted by Gasteiger charge is -2.46. The molecule has 4 rings (SSSR count). The number of aryl methyl sites for hydroxylation is 1. The maximum Gasteiger partial charge on any atom is 0.341 e. The second-order valence-corrected chi connectivity index (χ2v) is 10.7. The third kappa shape index (κ3) is 3.92. The van der Waals surface area contributed by atoms with E-state index in [0.717, 1.165) is 0 Å². The molecule has 1 fully saturated rings. The van der Waals surface area contributed by atoms with E-state index in [1.807, 2.05) is 0 Å². The van der Waals surface area contributed by atoms with Gasteiger partial charge in [0.05, 0.1) is 28.0 Å². The fourth-order valence-electron chi connectivity index (χ4n) is 3.78. The Morgan fingerprint density at radius 2 is 1.79 bits per heavy atom. The van der Waals surface area contributed by atoms with Crippen LogP contribution in [0.15, 0.2) is 45.8 Å². The predicted molar refractivity (Wildman–Crippen MR) is 123 cm³/mol. The molecular formula is C21H17Cl3N2O6S. The maximum atomic E-state index is 13.1. The summed E-state index contributed by atoms with van der Waals surface area (Å²) in [7, 11) is -2.49. The highest BCUT2D eigenvalue weighted by Crippen LogP contribution is 2.45. The number of benzene rings is 2. The van der Waals surface area contributed by atoms with Crippen molar-refractivity contribution in [2.75, 3.05) is 20.2 Å². The number of carboxylic acid groups (broad SMARTS) is 1. The predicted octanol–water partition coefficient (Wildman–Crippen LogP) is 4.85. The van der Waals surface area contributed by atoms with Gasteiger partial charge in [-0.2, -0.15) is 4.31 Å². The molecule has 1 aliphatic heterocycles. The molecule has 12 heteroatoms. The van der Waals surface area contributed by atoms with Gasteiger partial charge in [0.1, 0.15) is 11.3 Å². The number of carboxylic acids is 1. The Hall–Kier alpha value is -2.14. The number of aromatic nitrogens is 1. The van der Waals surface area contributed by atoms with Crippen molar-refractivity contribution in [1.29, 1.82) is 0 Å². The monoisotopic (exact) mass is 530 g/mol. The Morgan fingerprint density at radius 1 is 1.18 bits per heavy atom. The minimum Gasteiger partial charge on any atom is -0.477 e. The summed E-state index contributed by atoms with van der Waals surface area (Å²) in [6, 6.07) is 9.38. The Labute approximate surface area is 204 Å². The van der Waals surface area contributed by atoms with Crippen LogP contribution in [0.4, 0.5) is 0 Å². The van der Waals surface area contributed by atoms with Crippen LogP contribution in [-0.4, -0.2) is 49.2 Å². The third-order valence-electron chi connectivity index (χ3n) is 5.53. The zero-order valence-electron chi connectivity index (χ0n) is 17.3. The van der Waals surface area contributed by atoms with Gasteiger partial charge in [0, 0.05) is 17.7 Å². The maximum absolute atomic E-state index is 13.1. The van der Waals surface area contributed by atoms with Crippen molar-refractivity contribution in [3.8, 4) is 11.3 Å². The highest BCUT2D eigenvalue weighted by atomic mass is 35.5. The average Bonchev–Trinajstić information content (AvgIpc) is 3.12. The van der Waals surface area contributed by atoms with Gasteiger partial charge in [0.2, 0.25) is 10.0 Å². The number of aromatic carboxylic acids is 1. The van der Waals surface area contributed by atoms with Crippen LogP contribution in [0.5, 0.6) is 0 Å². The molecule has 2 heterocycles. The van der Waals surface area contributed by atoms with Crippen LogP contribution in [-0.2, 0) is 20.4 Å². The highest BCUT2D eigenvalue weighted by Gasteiger charge is 2.55. The number of rotatable bonds is 6. The van der Waals surface area contributed by atoms with E-state index in [2.05, 4.69) is 5.16 Å². The van der Waals surface area contributed by atoms with E-state index >= 15 is 0 Å².